The van der Waals surface area contributed by atoms with E-state index in [2.05, 4.69) is 22.8 Å². The van der Waals surface area contributed by atoms with Crippen molar-refractivity contribution in [2.24, 2.45) is 5.92 Å². The van der Waals surface area contributed by atoms with E-state index in [1.165, 1.54) is 4.90 Å². The second kappa shape index (κ2) is 9.83. The smallest absolute Gasteiger partial charge is 0.251 e. The van der Waals surface area contributed by atoms with Crippen LogP contribution in [0, 0.1) is 5.92 Å². The van der Waals surface area contributed by atoms with Crippen molar-refractivity contribution < 1.29 is 14.3 Å². The molecule has 2 atom stereocenters. The first-order chi connectivity index (χ1) is 14.0. The Hall–Kier alpha value is -2.47. The van der Waals surface area contributed by atoms with E-state index in [-0.39, 0.29) is 23.8 Å². The molecule has 2 aromatic rings. The van der Waals surface area contributed by atoms with Crippen molar-refractivity contribution in [3.8, 4) is 5.75 Å². The van der Waals surface area contributed by atoms with Gasteiger partial charge in [-0.3, -0.25) is 9.59 Å². The lowest BCUT2D eigenvalue weighted by Crippen LogP contribution is -2.50. The Morgan fingerprint density at radius 3 is 2.55 bits per heavy atom. The number of benzene rings is 2. The Balaban J connectivity index is 1.68. The summed E-state index contributed by atoms with van der Waals surface area (Å²) in [6.07, 6.45) is 0.880. The summed E-state index contributed by atoms with van der Waals surface area (Å²) in [5.74, 6) is 1.24. The van der Waals surface area contributed by atoms with E-state index < -0.39 is 6.04 Å². The first-order valence-electron chi connectivity index (χ1n) is 10.1. The number of hydrogen-bond acceptors (Lipinski definition) is 4. The molecule has 3 rings (SSSR count). The average molecular weight is 413 g/mol. The Morgan fingerprint density at radius 2 is 1.86 bits per heavy atom. The van der Waals surface area contributed by atoms with E-state index in [1.54, 1.807) is 24.3 Å². The Morgan fingerprint density at radius 1 is 1.14 bits per heavy atom. The van der Waals surface area contributed by atoms with Gasteiger partial charge in [-0.25, -0.2) is 0 Å². The number of rotatable bonds is 7. The molecular formula is C23H28N2O3S. The summed E-state index contributed by atoms with van der Waals surface area (Å²) in [5.41, 5.74) is 1.66. The summed E-state index contributed by atoms with van der Waals surface area (Å²) in [6.45, 7) is 6.36. The van der Waals surface area contributed by atoms with E-state index in [9.17, 15) is 9.59 Å². The molecule has 1 aliphatic heterocycles. The number of nitrogens with one attached hydrogen (secondary N) is 2. The third-order valence-corrected chi connectivity index (χ3v) is 6.06. The first-order valence-corrected chi connectivity index (χ1v) is 11.0. The van der Waals surface area contributed by atoms with Crippen LogP contribution in [-0.4, -0.2) is 30.2 Å². The Bertz CT molecular complexity index is 851. The molecule has 0 bridgehead atoms. The number of carbonyl (C=O) groups excluding carboxylic acids is 2. The van der Waals surface area contributed by atoms with Gasteiger partial charge in [-0.05, 0) is 55.2 Å². The van der Waals surface area contributed by atoms with Gasteiger partial charge in [-0.2, -0.15) is 0 Å². The minimum Gasteiger partial charge on any atom is -0.494 e. The maximum Gasteiger partial charge on any atom is 0.251 e. The van der Waals surface area contributed by atoms with Crippen LogP contribution in [0.15, 0.2) is 53.4 Å². The molecule has 2 N–H and O–H groups in total. The van der Waals surface area contributed by atoms with Gasteiger partial charge in [0.2, 0.25) is 5.91 Å². The molecule has 0 fully saturated rings. The van der Waals surface area contributed by atoms with Crippen molar-refractivity contribution in [2.75, 3.05) is 12.4 Å². The molecule has 0 saturated carbocycles. The van der Waals surface area contributed by atoms with Gasteiger partial charge in [-0.1, -0.05) is 32.0 Å². The lowest BCUT2D eigenvalue weighted by atomic mass is 9.99. The molecule has 0 aliphatic carbocycles. The second-order valence-electron chi connectivity index (χ2n) is 7.39. The van der Waals surface area contributed by atoms with E-state index in [0.717, 1.165) is 23.5 Å². The third kappa shape index (κ3) is 5.32. The fourth-order valence-electron chi connectivity index (χ4n) is 3.38. The number of thioether (sulfide) groups is 1. The predicted octanol–water partition coefficient (Wildman–Crippen LogP) is 4.19. The van der Waals surface area contributed by atoms with Crippen molar-refractivity contribution in [1.82, 2.24) is 10.6 Å². The summed E-state index contributed by atoms with van der Waals surface area (Å²) < 4.78 is 5.41. The molecule has 0 spiro atoms. The molecule has 2 amide bonds. The quantitative estimate of drug-likeness (QED) is 0.715. The topological polar surface area (TPSA) is 67.4 Å². The monoisotopic (exact) mass is 412 g/mol. The minimum absolute atomic E-state index is 0.0245. The van der Waals surface area contributed by atoms with Gasteiger partial charge in [0.15, 0.2) is 0 Å². The van der Waals surface area contributed by atoms with Gasteiger partial charge in [0.25, 0.3) is 5.91 Å². The van der Waals surface area contributed by atoms with Crippen LogP contribution in [0.4, 0.5) is 0 Å². The van der Waals surface area contributed by atoms with Gasteiger partial charge in [-0.15, -0.1) is 11.8 Å². The van der Waals surface area contributed by atoms with Crippen LogP contribution in [0.5, 0.6) is 5.75 Å². The average Bonchev–Trinajstić information content (AvgIpc) is 2.72. The first kappa shape index (κ1) is 21.2. The molecule has 0 aromatic heterocycles. The van der Waals surface area contributed by atoms with E-state index in [1.807, 2.05) is 44.7 Å². The number of amides is 2. The highest BCUT2D eigenvalue weighted by atomic mass is 32.2. The zero-order valence-corrected chi connectivity index (χ0v) is 17.9. The van der Waals surface area contributed by atoms with Crippen LogP contribution in [0.2, 0.25) is 0 Å². The number of hydrogen-bond donors (Lipinski definition) is 2. The second-order valence-corrected chi connectivity index (χ2v) is 8.53. The van der Waals surface area contributed by atoms with E-state index in [0.29, 0.717) is 12.2 Å². The lowest BCUT2D eigenvalue weighted by molar-refractivity contribution is -0.124. The highest BCUT2D eigenvalue weighted by molar-refractivity contribution is 7.99. The van der Waals surface area contributed by atoms with Crippen LogP contribution in [0.1, 0.15) is 49.2 Å². The molecule has 6 heteroatoms. The minimum atomic E-state index is -0.601. The number of fused-ring (bicyclic) bond motifs is 1. The molecule has 0 unspecified atom stereocenters. The van der Waals surface area contributed by atoms with E-state index in [4.69, 9.17) is 4.74 Å². The Labute approximate surface area is 176 Å². The molecule has 5 nitrogen and oxygen atoms in total. The molecule has 2 aromatic carbocycles. The van der Waals surface area contributed by atoms with Gasteiger partial charge in [0.05, 0.1) is 12.6 Å². The highest BCUT2D eigenvalue weighted by Gasteiger charge is 2.29. The maximum absolute atomic E-state index is 13.0. The maximum atomic E-state index is 13.0. The van der Waals surface area contributed by atoms with Crippen molar-refractivity contribution in [3.63, 3.8) is 0 Å². The van der Waals surface area contributed by atoms with Crippen molar-refractivity contribution >= 4 is 23.6 Å². The lowest BCUT2D eigenvalue weighted by Gasteiger charge is -2.29. The summed E-state index contributed by atoms with van der Waals surface area (Å²) in [6, 6.07) is 14.5. The summed E-state index contributed by atoms with van der Waals surface area (Å²) in [7, 11) is 0. The molecule has 1 aliphatic rings. The fourth-order valence-corrected chi connectivity index (χ4v) is 4.51. The third-order valence-electron chi connectivity index (χ3n) is 4.94. The summed E-state index contributed by atoms with van der Waals surface area (Å²) in [4.78, 5) is 26.9. The van der Waals surface area contributed by atoms with Gasteiger partial charge >= 0.3 is 0 Å². The summed E-state index contributed by atoms with van der Waals surface area (Å²) in [5, 5.41) is 6.05. The van der Waals surface area contributed by atoms with Crippen LogP contribution in [0.3, 0.4) is 0 Å². The number of ether oxygens (including phenoxy) is 1. The van der Waals surface area contributed by atoms with Crippen molar-refractivity contribution in [3.05, 3.63) is 59.7 Å². The summed E-state index contributed by atoms with van der Waals surface area (Å²) >= 11 is 1.82. The van der Waals surface area contributed by atoms with Gasteiger partial charge in [0, 0.05) is 16.2 Å². The van der Waals surface area contributed by atoms with Crippen LogP contribution in [-0.2, 0) is 4.79 Å². The standard InChI is InChI=1S/C23H28N2O3S/c1-4-28-17-11-9-16(10-12-17)22(26)25-21(15(2)3)23(27)24-19-13-14-29-20-8-6-5-7-18(19)20/h5-12,15,19,21H,4,13-14H2,1-3H3,(H,24,27)(H,25,26)/t19-,21+/m0/s1. The number of carbonyl (C=O) groups is 2. The predicted molar refractivity (Wildman–Crippen MR) is 116 cm³/mol. The van der Waals surface area contributed by atoms with Crippen LogP contribution in [0.25, 0.3) is 0 Å². The highest BCUT2D eigenvalue weighted by Crippen LogP contribution is 2.35. The SMILES string of the molecule is CCOc1ccc(C(=O)N[C@@H](C(=O)N[C@H]2CCSc3ccccc32)C(C)C)cc1. The van der Waals surface area contributed by atoms with Gasteiger partial charge < -0.3 is 15.4 Å². The molecule has 154 valence electrons. The molecule has 29 heavy (non-hydrogen) atoms. The zero-order valence-electron chi connectivity index (χ0n) is 17.1. The Kier molecular flexibility index (Phi) is 7.20. The van der Waals surface area contributed by atoms with Crippen LogP contribution < -0.4 is 15.4 Å². The molecule has 0 radical (unpaired) electrons. The van der Waals surface area contributed by atoms with Crippen molar-refractivity contribution in [2.45, 2.75) is 44.2 Å². The molecule has 0 saturated heterocycles. The zero-order chi connectivity index (χ0) is 20.8. The van der Waals surface area contributed by atoms with E-state index >= 15 is 0 Å². The van der Waals surface area contributed by atoms with Crippen molar-refractivity contribution in [1.29, 1.82) is 0 Å². The van der Waals surface area contributed by atoms with Crippen LogP contribution >= 0.6 is 11.8 Å². The molecule has 1 heterocycles. The largest absolute Gasteiger partial charge is 0.494 e. The normalized spacial score (nSPS) is 16.6. The van der Waals surface area contributed by atoms with Gasteiger partial charge in [0.1, 0.15) is 11.8 Å². The fraction of sp³-hybridized carbons (Fsp3) is 0.391. The molecular weight excluding hydrogens is 384 g/mol.